The van der Waals surface area contributed by atoms with Gasteiger partial charge in [0.15, 0.2) is 0 Å². The smallest absolute Gasteiger partial charge is 0.0948 e. The summed E-state index contributed by atoms with van der Waals surface area (Å²) in [7, 11) is 1.99. The van der Waals surface area contributed by atoms with Gasteiger partial charge in [0.1, 0.15) is 0 Å². The quantitative estimate of drug-likeness (QED) is 0.909. The van der Waals surface area contributed by atoms with Crippen LogP contribution < -0.4 is 5.32 Å². The highest BCUT2D eigenvalue weighted by Crippen LogP contribution is 2.26. The number of hydrogen-bond acceptors (Lipinski definition) is 3. The van der Waals surface area contributed by atoms with E-state index in [1.54, 1.807) is 11.3 Å². The van der Waals surface area contributed by atoms with Gasteiger partial charge in [-0.2, -0.15) is 0 Å². The molecule has 0 saturated carbocycles. The Labute approximate surface area is 113 Å². The number of nitrogens with one attached hydrogen (secondary N) is 1. The molecular formula is C15H20N2S. The van der Waals surface area contributed by atoms with Crippen molar-refractivity contribution in [2.45, 2.75) is 33.2 Å². The molecule has 2 aromatic rings. The van der Waals surface area contributed by atoms with Crippen LogP contribution in [0.15, 0.2) is 23.6 Å². The van der Waals surface area contributed by atoms with Crippen LogP contribution in [-0.4, -0.2) is 18.1 Å². The number of thiazole rings is 1. The van der Waals surface area contributed by atoms with Gasteiger partial charge in [-0.3, -0.25) is 0 Å². The van der Waals surface area contributed by atoms with Crippen LogP contribution in [0.2, 0.25) is 0 Å². The topological polar surface area (TPSA) is 24.9 Å². The molecule has 0 aliphatic carbocycles. The van der Waals surface area contributed by atoms with Crippen LogP contribution in [0.4, 0.5) is 0 Å². The fourth-order valence-electron chi connectivity index (χ4n) is 1.99. The highest BCUT2D eigenvalue weighted by Gasteiger charge is 2.09. The molecule has 1 unspecified atom stereocenters. The number of nitrogens with zero attached hydrogens (tertiary/aromatic N) is 1. The second-order valence-corrected chi connectivity index (χ2v) is 5.78. The monoisotopic (exact) mass is 260 g/mol. The molecule has 3 heteroatoms. The first kappa shape index (κ1) is 13.2. The Kier molecular flexibility index (Phi) is 4.15. The lowest BCUT2D eigenvalue weighted by Crippen LogP contribution is -2.23. The van der Waals surface area contributed by atoms with E-state index in [2.05, 4.69) is 49.7 Å². The van der Waals surface area contributed by atoms with E-state index in [9.17, 15) is 0 Å². The highest BCUT2D eigenvalue weighted by molar-refractivity contribution is 7.09. The minimum atomic E-state index is 0.475. The molecule has 0 fully saturated rings. The summed E-state index contributed by atoms with van der Waals surface area (Å²) in [6.07, 6.45) is 0.992. The summed E-state index contributed by atoms with van der Waals surface area (Å²) < 4.78 is 0. The van der Waals surface area contributed by atoms with Crippen LogP contribution in [0.1, 0.15) is 23.1 Å². The predicted molar refractivity (Wildman–Crippen MR) is 79.2 cm³/mol. The van der Waals surface area contributed by atoms with Gasteiger partial charge in [-0.1, -0.05) is 23.8 Å². The van der Waals surface area contributed by atoms with Crippen LogP contribution >= 0.6 is 11.3 Å². The molecular weight excluding hydrogens is 240 g/mol. The number of benzene rings is 1. The molecule has 0 amide bonds. The van der Waals surface area contributed by atoms with E-state index in [4.69, 9.17) is 4.98 Å². The number of rotatable bonds is 4. The Morgan fingerprint density at radius 3 is 2.78 bits per heavy atom. The Morgan fingerprint density at radius 1 is 1.33 bits per heavy atom. The number of hydrogen-bond donors (Lipinski definition) is 1. The highest BCUT2D eigenvalue weighted by atomic mass is 32.1. The van der Waals surface area contributed by atoms with Crippen molar-refractivity contribution in [1.82, 2.24) is 10.3 Å². The summed E-state index contributed by atoms with van der Waals surface area (Å²) in [6, 6.07) is 7.01. The molecule has 1 N–H and O–H groups in total. The zero-order valence-electron chi connectivity index (χ0n) is 11.4. The SMILES string of the molecule is CNC(C)Cc1nc(-c2ccc(C)cc2C)cs1. The summed E-state index contributed by atoms with van der Waals surface area (Å²) in [5, 5.41) is 6.61. The van der Waals surface area contributed by atoms with E-state index < -0.39 is 0 Å². The number of likely N-dealkylation sites (N-methyl/N-ethyl adjacent to an activating group) is 1. The molecule has 96 valence electrons. The minimum absolute atomic E-state index is 0.475. The largest absolute Gasteiger partial charge is 0.317 e. The van der Waals surface area contributed by atoms with E-state index in [0.29, 0.717) is 6.04 Å². The van der Waals surface area contributed by atoms with E-state index in [1.807, 2.05) is 7.05 Å². The summed E-state index contributed by atoms with van der Waals surface area (Å²) in [6.45, 7) is 6.45. The van der Waals surface area contributed by atoms with Crippen molar-refractivity contribution in [2.24, 2.45) is 0 Å². The van der Waals surface area contributed by atoms with Crippen LogP contribution in [0.25, 0.3) is 11.3 Å². The summed E-state index contributed by atoms with van der Waals surface area (Å²) >= 11 is 1.75. The Morgan fingerprint density at radius 2 is 2.11 bits per heavy atom. The van der Waals surface area contributed by atoms with Gasteiger partial charge in [0.25, 0.3) is 0 Å². The fourth-order valence-corrected chi connectivity index (χ4v) is 2.92. The maximum absolute atomic E-state index is 4.74. The van der Waals surface area contributed by atoms with Gasteiger partial charge in [-0.05, 0) is 33.4 Å². The first-order valence-electron chi connectivity index (χ1n) is 6.29. The van der Waals surface area contributed by atoms with Crippen molar-refractivity contribution in [3.63, 3.8) is 0 Å². The maximum atomic E-state index is 4.74. The molecule has 1 aromatic carbocycles. The molecule has 1 heterocycles. The minimum Gasteiger partial charge on any atom is -0.317 e. The second kappa shape index (κ2) is 5.63. The van der Waals surface area contributed by atoms with Gasteiger partial charge in [0, 0.05) is 23.4 Å². The third-order valence-electron chi connectivity index (χ3n) is 3.18. The molecule has 0 saturated heterocycles. The fraction of sp³-hybridized carbons (Fsp3) is 0.400. The molecule has 1 atom stereocenters. The molecule has 2 rings (SSSR count). The van der Waals surface area contributed by atoms with Crippen molar-refractivity contribution >= 4 is 11.3 Å². The lowest BCUT2D eigenvalue weighted by Gasteiger charge is -2.06. The van der Waals surface area contributed by atoms with Crippen molar-refractivity contribution in [1.29, 1.82) is 0 Å². The van der Waals surface area contributed by atoms with Crippen LogP contribution in [-0.2, 0) is 6.42 Å². The molecule has 0 aliphatic heterocycles. The van der Waals surface area contributed by atoms with Crippen molar-refractivity contribution < 1.29 is 0 Å². The number of aryl methyl sites for hydroxylation is 2. The summed E-state index contributed by atoms with van der Waals surface area (Å²) in [5.74, 6) is 0. The van der Waals surface area contributed by atoms with Crippen molar-refractivity contribution in [3.05, 3.63) is 39.7 Å². The normalized spacial score (nSPS) is 12.7. The predicted octanol–water partition coefficient (Wildman–Crippen LogP) is 3.58. The van der Waals surface area contributed by atoms with Crippen molar-refractivity contribution in [3.8, 4) is 11.3 Å². The molecule has 0 aliphatic rings. The average Bonchev–Trinajstić information content (AvgIpc) is 2.77. The van der Waals surface area contributed by atoms with E-state index in [0.717, 1.165) is 12.1 Å². The Bertz CT molecular complexity index is 531. The molecule has 0 radical (unpaired) electrons. The zero-order chi connectivity index (χ0) is 13.1. The van der Waals surface area contributed by atoms with Gasteiger partial charge >= 0.3 is 0 Å². The third-order valence-corrected chi connectivity index (χ3v) is 4.05. The lowest BCUT2D eigenvalue weighted by atomic mass is 10.0. The molecule has 0 bridgehead atoms. The zero-order valence-corrected chi connectivity index (χ0v) is 12.3. The van der Waals surface area contributed by atoms with Gasteiger partial charge < -0.3 is 5.32 Å². The Balaban J connectivity index is 2.24. The molecule has 0 spiro atoms. The molecule has 2 nitrogen and oxygen atoms in total. The van der Waals surface area contributed by atoms with Crippen LogP contribution in [0, 0.1) is 13.8 Å². The van der Waals surface area contributed by atoms with Gasteiger partial charge in [0.05, 0.1) is 10.7 Å². The first-order valence-corrected chi connectivity index (χ1v) is 7.17. The third kappa shape index (κ3) is 2.98. The molecule has 18 heavy (non-hydrogen) atoms. The second-order valence-electron chi connectivity index (χ2n) is 4.84. The Hall–Kier alpha value is -1.19. The standard InChI is InChI=1S/C15H20N2S/c1-10-5-6-13(11(2)7-10)14-9-18-15(17-14)8-12(3)16-4/h5-7,9,12,16H,8H2,1-4H3. The molecule has 1 aromatic heterocycles. The van der Waals surface area contributed by atoms with Crippen LogP contribution in [0.5, 0.6) is 0 Å². The van der Waals surface area contributed by atoms with E-state index in [1.165, 1.54) is 21.7 Å². The summed E-state index contributed by atoms with van der Waals surface area (Å²) in [5.41, 5.74) is 4.96. The number of aromatic nitrogens is 1. The van der Waals surface area contributed by atoms with Crippen LogP contribution in [0.3, 0.4) is 0 Å². The summed E-state index contributed by atoms with van der Waals surface area (Å²) in [4.78, 5) is 4.74. The van der Waals surface area contributed by atoms with Gasteiger partial charge in [0.2, 0.25) is 0 Å². The average molecular weight is 260 g/mol. The first-order chi connectivity index (χ1) is 8.60. The van der Waals surface area contributed by atoms with Gasteiger partial charge in [-0.15, -0.1) is 11.3 Å². The van der Waals surface area contributed by atoms with Crippen molar-refractivity contribution in [2.75, 3.05) is 7.05 Å². The maximum Gasteiger partial charge on any atom is 0.0948 e. The van der Waals surface area contributed by atoms with E-state index in [-0.39, 0.29) is 0 Å². The lowest BCUT2D eigenvalue weighted by molar-refractivity contribution is 0.607. The van der Waals surface area contributed by atoms with Gasteiger partial charge in [-0.25, -0.2) is 4.98 Å². The van der Waals surface area contributed by atoms with E-state index >= 15 is 0 Å².